The number of aliphatic hydroxyl groups is 1. The van der Waals surface area contributed by atoms with E-state index < -0.39 is 0 Å². The minimum absolute atomic E-state index is 0.290. The number of hydrogen-bond acceptors (Lipinski definition) is 1. The van der Waals surface area contributed by atoms with Crippen LogP contribution >= 0.6 is 0 Å². The van der Waals surface area contributed by atoms with Gasteiger partial charge in [-0.15, -0.1) is 0 Å². The quantitative estimate of drug-likeness (QED) is 0.848. The molecule has 0 spiro atoms. The molecule has 88 valence electrons. The summed E-state index contributed by atoms with van der Waals surface area (Å²) < 4.78 is 0. The van der Waals surface area contributed by atoms with Gasteiger partial charge in [-0.05, 0) is 42.5 Å². The van der Waals surface area contributed by atoms with Gasteiger partial charge in [0.05, 0.1) is 6.10 Å². The molecule has 0 aromatic heterocycles. The number of hydrogen-bond donors (Lipinski definition) is 1. The first kappa shape index (κ1) is 11.9. The van der Waals surface area contributed by atoms with Crippen LogP contribution in [0.1, 0.15) is 18.1 Å². The van der Waals surface area contributed by atoms with E-state index in [0.717, 1.165) is 0 Å². The molecule has 2 aromatic rings. The molecule has 0 saturated carbocycles. The van der Waals surface area contributed by atoms with E-state index in [2.05, 4.69) is 49.4 Å². The van der Waals surface area contributed by atoms with Crippen LogP contribution < -0.4 is 0 Å². The molecular formula is C16H18O. The fraction of sp³-hybridized carbons (Fsp3) is 0.250. The van der Waals surface area contributed by atoms with Crippen LogP contribution in [0.15, 0.2) is 48.5 Å². The van der Waals surface area contributed by atoms with Gasteiger partial charge >= 0.3 is 0 Å². The minimum Gasteiger partial charge on any atom is -0.393 e. The smallest absolute Gasteiger partial charge is 0.0552 e. The maximum Gasteiger partial charge on any atom is 0.0552 e. The molecule has 1 unspecified atom stereocenters. The molecule has 0 radical (unpaired) electrons. The lowest BCUT2D eigenvalue weighted by atomic mass is 9.96. The first-order chi connectivity index (χ1) is 8.16. The monoisotopic (exact) mass is 226 g/mol. The molecule has 1 nitrogen and oxygen atoms in total. The van der Waals surface area contributed by atoms with Gasteiger partial charge in [-0.3, -0.25) is 0 Å². The van der Waals surface area contributed by atoms with Gasteiger partial charge in [-0.25, -0.2) is 0 Å². The van der Waals surface area contributed by atoms with Crippen molar-refractivity contribution in [2.24, 2.45) is 0 Å². The molecule has 0 bridgehead atoms. The van der Waals surface area contributed by atoms with Gasteiger partial charge in [0.15, 0.2) is 0 Å². The van der Waals surface area contributed by atoms with E-state index in [9.17, 15) is 5.11 Å². The third-order valence-electron chi connectivity index (χ3n) is 2.92. The van der Waals surface area contributed by atoms with E-state index in [1.165, 1.54) is 22.3 Å². The van der Waals surface area contributed by atoms with Crippen LogP contribution in [0.4, 0.5) is 0 Å². The maximum absolute atomic E-state index is 9.44. The van der Waals surface area contributed by atoms with Crippen molar-refractivity contribution in [1.29, 1.82) is 0 Å². The Kier molecular flexibility index (Phi) is 3.60. The predicted molar refractivity (Wildman–Crippen MR) is 72.0 cm³/mol. The van der Waals surface area contributed by atoms with E-state index >= 15 is 0 Å². The van der Waals surface area contributed by atoms with E-state index in [4.69, 9.17) is 0 Å². The van der Waals surface area contributed by atoms with Gasteiger partial charge in [0.1, 0.15) is 0 Å². The van der Waals surface area contributed by atoms with Crippen LogP contribution in [0, 0.1) is 6.92 Å². The summed E-state index contributed by atoms with van der Waals surface area (Å²) in [6, 6.07) is 16.8. The molecule has 0 aliphatic carbocycles. The normalized spacial score (nSPS) is 12.4. The summed E-state index contributed by atoms with van der Waals surface area (Å²) in [5.74, 6) is 0. The molecular weight excluding hydrogens is 208 g/mol. The van der Waals surface area contributed by atoms with E-state index in [0.29, 0.717) is 6.42 Å². The molecule has 0 aliphatic rings. The van der Waals surface area contributed by atoms with Crippen molar-refractivity contribution in [1.82, 2.24) is 0 Å². The van der Waals surface area contributed by atoms with E-state index in [-0.39, 0.29) is 6.10 Å². The van der Waals surface area contributed by atoms with Crippen molar-refractivity contribution in [2.75, 3.05) is 0 Å². The molecule has 17 heavy (non-hydrogen) atoms. The fourth-order valence-corrected chi connectivity index (χ4v) is 2.07. The SMILES string of the molecule is Cc1ccc(CC(C)O)cc1-c1ccccc1. The summed E-state index contributed by atoms with van der Waals surface area (Å²) in [6.07, 6.45) is 0.418. The van der Waals surface area contributed by atoms with Gasteiger partial charge in [0.2, 0.25) is 0 Å². The Labute approximate surface area is 103 Å². The van der Waals surface area contributed by atoms with Crippen LogP contribution in [0.5, 0.6) is 0 Å². The molecule has 1 atom stereocenters. The van der Waals surface area contributed by atoms with Crippen LogP contribution in [0.25, 0.3) is 11.1 Å². The fourth-order valence-electron chi connectivity index (χ4n) is 2.07. The van der Waals surface area contributed by atoms with Crippen LogP contribution in [0.3, 0.4) is 0 Å². The summed E-state index contributed by atoms with van der Waals surface area (Å²) in [4.78, 5) is 0. The van der Waals surface area contributed by atoms with Crippen molar-refractivity contribution in [2.45, 2.75) is 26.4 Å². The second-order valence-corrected chi connectivity index (χ2v) is 4.57. The number of aryl methyl sites for hydroxylation is 1. The van der Waals surface area contributed by atoms with E-state index in [1.807, 2.05) is 13.0 Å². The van der Waals surface area contributed by atoms with E-state index in [1.54, 1.807) is 0 Å². The molecule has 1 heteroatoms. The topological polar surface area (TPSA) is 20.2 Å². The lowest BCUT2D eigenvalue weighted by Gasteiger charge is -2.10. The van der Waals surface area contributed by atoms with Gasteiger partial charge in [0.25, 0.3) is 0 Å². The predicted octanol–water partition coefficient (Wildman–Crippen LogP) is 3.59. The van der Waals surface area contributed by atoms with Crippen molar-refractivity contribution in [3.63, 3.8) is 0 Å². The number of rotatable bonds is 3. The first-order valence-corrected chi connectivity index (χ1v) is 6.00. The van der Waals surface area contributed by atoms with Crippen LogP contribution in [-0.2, 0) is 6.42 Å². The van der Waals surface area contributed by atoms with Gasteiger partial charge in [-0.1, -0.05) is 48.5 Å². The molecule has 2 rings (SSSR count). The zero-order valence-electron chi connectivity index (χ0n) is 10.4. The average Bonchev–Trinajstić information content (AvgIpc) is 2.32. The number of benzene rings is 2. The summed E-state index contributed by atoms with van der Waals surface area (Å²) in [5.41, 5.74) is 4.94. The highest BCUT2D eigenvalue weighted by Gasteiger charge is 2.04. The molecule has 0 fully saturated rings. The Morgan fingerprint density at radius 3 is 2.41 bits per heavy atom. The number of aliphatic hydroxyl groups excluding tert-OH is 1. The Morgan fingerprint density at radius 1 is 1.06 bits per heavy atom. The first-order valence-electron chi connectivity index (χ1n) is 6.00. The van der Waals surface area contributed by atoms with Crippen molar-refractivity contribution < 1.29 is 5.11 Å². The van der Waals surface area contributed by atoms with Crippen molar-refractivity contribution in [3.8, 4) is 11.1 Å². The third kappa shape index (κ3) is 2.95. The summed E-state index contributed by atoms with van der Waals surface area (Å²) in [7, 11) is 0. The minimum atomic E-state index is -0.290. The molecule has 0 saturated heterocycles. The third-order valence-corrected chi connectivity index (χ3v) is 2.92. The molecule has 2 aromatic carbocycles. The van der Waals surface area contributed by atoms with Gasteiger partial charge in [0, 0.05) is 0 Å². The van der Waals surface area contributed by atoms with Crippen LogP contribution in [-0.4, -0.2) is 11.2 Å². The highest BCUT2D eigenvalue weighted by Crippen LogP contribution is 2.24. The van der Waals surface area contributed by atoms with Gasteiger partial charge < -0.3 is 5.11 Å². The molecule has 1 N–H and O–H groups in total. The van der Waals surface area contributed by atoms with Gasteiger partial charge in [-0.2, -0.15) is 0 Å². The van der Waals surface area contributed by atoms with Crippen molar-refractivity contribution >= 4 is 0 Å². The second-order valence-electron chi connectivity index (χ2n) is 4.57. The zero-order chi connectivity index (χ0) is 12.3. The standard InChI is InChI=1S/C16H18O/c1-12-8-9-14(10-13(2)17)11-16(12)15-6-4-3-5-7-15/h3-9,11,13,17H,10H2,1-2H3. The lowest BCUT2D eigenvalue weighted by molar-refractivity contribution is 0.195. The highest BCUT2D eigenvalue weighted by molar-refractivity contribution is 5.67. The largest absolute Gasteiger partial charge is 0.393 e. The maximum atomic E-state index is 9.44. The summed E-state index contributed by atoms with van der Waals surface area (Å²) >= 11 is 0. The zero-order valence-corrected chi connectivity index (χ0v) is 10.4. The van der Waals surface area contributed by atoms with Crippen molar-refractivity contribution in [3.05, 3.63) is 59.7 Å². The Hall–Kier alpha value is -1.60. The Bertz CT molecular complexity index is 486. The average molecular weight is 226 g/mol. The lowest BCUT2D eigenvalue weighted by Crippen LogP contribution is -2.04. The Morgan fingerprint density at radius 2 is 1.76 bits per heavy atom. The molecule has 0 amide bonds. The summed E-state index contributed by atoms with van der Waals surface area (Å²) in [5, 5.41) is 9.44. The molecule has 0 heterocycles. The molecule has 0 aliphatic heterocycles. The Balaban J connectivity index is 2.40. The highest BCUT2D eigenvalue weighted by atomic mass is 16.3. The second kappa shape index (κ2) is 5.15. The van der Waals surface area contributed by atoms with Crippen LogP contribution in [0.2, 0.25) is 0 Å². The summed E-state index contributed by atoms with van der Waals surface area (Å²) in [6.45, 7) is 3.94.